The highest BCUT2D eigenvalue weighted by molar-refractivity contribution is 5.67. The first-order valence-corrected chi connectivity index (χ1v) is 5.89. The van der Waals surface area contributed by atoms with Gasteiger partial charge in [0.05, 0.1) is 14.2 Å². The van der Waals surface area contributed by atoms with E-state index in [9.17, 15) is 4.79 Å². The van der Waals surface area contributed by atoms with E-state index in [1.807, 2.05) is 0 Å². The van der Waals surface area contributed by atoms with E-state index in [4.69, 9.17) is 18.9 Å². The fraction of sp³-hybridized carbons (Fsp3) is 0.133. The molecular formula is C15H14O5. The zero-order valence-electron chi connectivity index (χ0n) is 11.2. The van der Waals surface area contributed by atoms with Crippen molar-refractivity contribution in [1.82, 2.24) is 0 Å². The molecule has 2 rings (SSSR count). The van der Waals surface area contributed by atoms with Crippen LogP contribution < -0.4 is 18.9 Å². The molecule has 0 spiro atoms. The average Bonchev–Trinajstić information content (AvgIpc) is 2.49. The maximum Gasteiger partial charge on any atom is 0.519 e. The van der Waals surface area contributed by atoms with Crippen molar-refractivity contribution >= 4 is 6.16 Å². The van der Waals surface area contributed by atoms with E-state index in [1.165, 1.54) is 0 Å². The summed E-state index contributed by atoms with van der Waals surface area (Å²) < 4.78 is 20.1. The molecule has 0 saturated carbocycles. The van der Waals surface area contributed by atoms with Gasteiger partial charge in [-0.05, 0) is 48.5 Å². The van der Waals surface area contributed by atoms with Crippen molar-refractivity contribution in [2.24, 2.45) is 0 Å². The van der Waals surface area contributed by atoms with Crippen LogP contribution in [-0.2, 0) is 0 Å². The van der Waals surface area contributed by atoms with Crippen LogP contribution in [0, 0.1) is 0 Å². The number of rotatable bonds is 4. The molecule has 0 N–H and O–H groups in total. The number of ether oxygens (including phenoxy) is 4. The number of benzene rings is 2. The second kappa shape index (κ2) is 6.47. The highest BCUT2D eigenvalue weighted by atomic mass is 16.7. The minimum Gasteiger partial charge on any atom is -0.497 e. The molecular weight excluding hydrogens is 260 g/mol. The molecule has 0 aliphatic rings. The van der Waals surface area contributed by atoms with Crippen molar-refractivity contribution in [2.75, 3.05) is 14.2 Å². The van der Waals surface area contributed by atoms with Crippen molar-refractivity contribution < 1.29 is 23.7 Å². The van der Waals surface area contributed by atoms with E-state index < -0.39 is 6.16 Å². The molecule has 0 aliphatic heterocycles. The molecule has 2 aromatic rings. The molecule has 20 heavy (non-hydrogen) atoms. The lowest BCUT2D eigenvalue weighted by atomic mass is 10.3. The van der Waals surface area contributed by atoms with E-state index in [0.717, 1.165) is 0 Å². The highest BCUT2D eigenvalue weighted by Crippen LogP contribution is 2.20. The second-order valence-corrected chi connectivity index (χ2v) is 3.81. The Hall–Kier alpha value is -2.69. The third kappa shape index (κ3) is 3.65. The van der Waals surface area contributed by atoms with Gasteiger partial charge in [-0.1, -0.05) is 0 Å². The largest absolute Gasteiger partial charge is 0.519 e. The number of hydrogen-bond donors (Lipinski definition) is 0. The molecule has 5 heteroatoms. The van der Waals surface area contributed by atoms with Crippen molar-refractivity contribution in [3.63, 3.8) is 0 Å². The van der Waals surface area contributed by atoms with Crippen LogP contribution in [0.4, 0.5) is 4.79 Å². The first-order valence-electron chi connectivity index (χ1n) is 5.89. The van der Waals surface area contributed by atoms with Crippen LogP contribution in [0.15, 0.2) is 48.5 Å². The summed E-state index contributed by atoms with van der Waals surface area (Å²) in [5, 5.41) is 0. The molecule has 0 atom stereocenters. The Kier molecular flexibility index (Phi) is 4.44. The van der Waals surface area contributed by atoms with Crippen LogP contribution in [-0.4, -0.2) is 20.4 Å². The molecule has 0 amide bonds. The van der Waals surface area contributed by atoms with E-state index in [2.05, 4.69) is 0 Å². The summed E-state index contributed by atoms with van der Waals surface area (Å²) in [6, 6.07) is 13.2. The van der Waals surface area contributed by atoms with Gasteiger partial charge in [-0.25, -0.2) is 4.79 Å². The monoisotopic (exact) mass is 274 g/mol. The predicted octanol–water partition coefficient (Wildman–Crippen LogP) is 3.28. The maximum absolute atomic E-state index is 11.6. The normalized spacial score (nSPS) is 9.70. The molecule has 5 nitrogen and oxygen atoms in total. The van der Waals surface area contributed by atoms with E-state index >= 15 is 0 Å². The van der Waals surface area contributed by atoms with Gasteiger partial charge >= 0.3 is 6.16 Å². The standard InChI is InChI=1S/C15H14O5/c1-17-11-3-7-13(8-4-11)19-15(16)20-14-9-5-12(18-2)6-10-14/h3-10H,1-2H3. The summed E-state index contributed by atoms with van der Waals surface area (Å²) >= 11 is 0. The molecule has 2 aromatic carbocycles. The number of carbonyl (C=O) groups excluding carboxylic acids is 1. The van der Waals surface area contributed by atoms with Gasteiger partial charge in [0, 0.05) is 0 Å². The van der Waals surface area contributed by atoms with Crippen LogP contribution in [0.25, 0.3) is 0 Å². The summed E-state index contributed by atoms with van der Waals surface area (Å²) in [6.45, 7) is 0. The zero-order chi connectivity index (χ0) is 14.4. The lowest BCUT2D eigenvalue weighted by Gasteiger charge is -2.06. The van der Waals surface area contributed by atoms with Gasteiger partial charge in [-0.15, -0.1) is 0 Å². The summed E-state index contributed by atoms with van der Waals surface area (Å²) in [7, 11) is 3.13. The summed E-state index contributed by atoms with van der Waals surface area (Å²) in [6.07, 6.45) is -0.805. The molecule has 104 valence electrons. The van der Waals surface area contributed by atoms with E-state index in [0.29, 0.717) is 23.0 Å². The van der Waals surface area contributed by atoms with Crippen LogP contribution in [0.5, 0.6) is 23.0 Å². The van der Waals surface area contributed by atoms with Crippen molar-refractivity contribution in [3.8, 4) is 23.0 Å². The predicted molar refractivity (Wildman–Crippen MR) is 72.6 cm³/mol. The molecule has 0 aliphatic carbocycles. The van der Waals surface area contributed by atoms with Gasteiger partial charge in [0.15, 0.2) is 0 Å². The lowest BCUT2D eigenvalue weighted by Crippen LogP contribution is -2.13. The van der Waals surface area contributed by atoms with Gasteiger partial charge in [-0.3, -0.25) is 0 Å². The fourth-order valence-corrected chi connectivity index (χ4v) is 1.50. The molecule has 0 aromatic heterocycles. The maximum atomic E-state index is 11.6. The molecule has 0 fully saturated rings. The van der Waals surface area contributed by atoms with Gasteiger partial charge in [0.2, 0.25) is 0 Å². The Bertz CT molecular complexity index is 508. The second-order valence-electron chi connectivity index (χ2n) is 3.81. The molecule has 0 saturated heterocycles. The molecule has 0 heterocycles. The van der Waals surface area contributed by atoms with Gasteiger partial charge < -0.3 is 18.9 Å². The first kappa shape index (κ1) is 13.7. The third-order valence-electron chi connectivity index (χ3n) is 2.52. The van der Waals surface area contributed by atoms with E-state index in [-0.39, 0.29) is 0 Å². The molecule has 0 radical (unpaired) electrons. The minimum atomic E-state index is -0.805. The Labute approximate surface area is 116 Å². The highest BCUT2D eigenvalue weighted by Gasteiger charge is 2.08. The first-order chi connectivity index (χ1) is 9.71. The van der Waals surface area contributed by atoms with Gasteiger partial charge in [0.1, 0.15) is 23.0 Å². The Morgan fingerprint density at radius 3 is 1.25 bits per heavy atom. The summed E-state index contributed by atoms with van der Waals surface area (Å²) in [5.41, 5.74) is 0. The Balaban J connectivity index is 1.93. The molecule has 0 unspecified atom stereocenters. The van der Waals surface area contributed by atoms with Crippen LogP contribution >= 0.6 is 0 Å². The van der Waals surface area contributed by atoms with Crippen LogP contribution in [0.1, 0.15) is 0 Å². The number of methoxy groups -OCH3 is 2. The van der Waals surface area contributed by atoms with Gasteiger partial charge in [0.25, 0.3) is 0 Å². The fourth-order valence-electron chi connectivity index (χ4n) is 1.50. The zero-order valence-corrected chi connectivity index (χ0v) is 11.2. The van der Waals surface area contributed by atoms with Crippen LogP contribution in [0.3, 0.4) is 0 Å². The number of carbonyl (C=O) groups is 1. The van der Waals surface area contributed by atoms with Crippen molar-refractivity contribution in [1.29, 1.82) is 0 Å². The number of hydrogen-bond acceptors (Lipinski definition) is 5. The molecule has 0 bridgehead atoms. The third-order valence-corrected chi connectivity index (χ3v) is 2.52. The minimum absolute atomic E-state index is 0.379. The summed E-state index contributed by atoms with van der Waals surface area (Å²) in [4.78, 5) is 11.6. The van der Waals surface area contributed by atoms with Crippen LogP contribution in [0.2, 0.25) is 0 Å². The Morgan fingerprint density at radius 2 is 0.950 bits per heavy atom. The topological polar surface area (TPSA) is 54.0 Å². The van der Waals surface area contributed by atoms with Crippen molar-refractivity contribution in [2.45, 2.75) is 0 Å². The van der Waals surface area contributed by atoms with Gasteiger partial charge in [-0.2, -0.15) is 0 Å². The SMILES string of the molecule is COc1ccc(OC(=O)Oc2ccc(OC)cc2)cc1. The lowest BCUT2D eigenvalue weighted by molar-refractivity contribution is 0.152. The van der Waals surface area contributed by atoms with Crippen molar-refractivity contribution in [3.05, 3.63) is 48.5 Å². The van der Waals surface area contributed by atoms with E-state index in [1.54, 1.807) is 62.8 Å². The average molecular weight is 274 g/mol. The smallest absolute Gasteiger partial charge is 0.497 e. The summed E-state index contributed by atoms with van der Waals surface area (Å²) in [5.74, 6) is 2.12. The quantitative estimate of drug-likeness (QED) is 0.632. The Morgan fingerprint density at radius 1 is 0.650 bits per heavy atom.